The Hall–Kier alpha value is -0.730. The van der Waals surface area contributed by atoms with Crippen LogP contribution in [0.25, 0.3) is 0 Å². The van der Waals surface area contributed by atoms with Crippen molar-refractivity contribution in [3.05, 3.63) is 0 Å². The highest BCUT2D eigenvalue weighted by molar-refractivity contribution is 5.54. The zero-order valence-corrected chi connectivity index (χ0v) is 4.39. The summed E-state index contributed by atoms with van der Waals surface area (Å²) in [5.41, 5.74) is 0. The molecule has 0 radical (unpaired) electrons. The van der Waals surface area contributed by atoms with Gasteiger partial charge in [0.1, 0.15) is 6.34 Å². The maximum Gasteiger partial charge on any atom is 0.108 e. The van der Waals surface area contributed by atoms with Crippen LogP contribution in [0.5, 0.6) is 0 Å². The molecular weight excluding hydrogens is 90.1 g/mol. The Bertz CT molecular complexity index is 79.0. The lowest BCUT2D eigenvalue weighted by atomic mass is 10.6. The van der Waals surface area contributed by atoms with E-state index in [2.05, 4.69) is 10.4 Å². The van der Waals surface area contributed by atoms with Crippen LogP contribution in [0.3, 0.4) is 0 Å². The smallest absolute Gasteiger partial charge is 0.108 e. The second kappa shape index (κ2) is 1.82. The van der Waals surface area contributed by atoms with E-state index >= 15 is 0 Å². The number of hydrogen-bond acceptors (Lipinski definition) is 3. The molecule has 0 unspecified atom stereocenters. The molecule has 3 nitrogen and oxygen atoms in total. The fraction of sp³-hybridized carbons (Fsp3) is 0.750. The number of nitrogens with one attached hydrogen (secondary N) is 1. The highest BCUT2D eigenvalue weighted by Gasteiger charge is 1.93. The van der Waals surface area contributed by atoms with Gasteiger partial charge in [-0.25, -0.2) is 0 Å². The Morgan fingerprint density at radius 1 is 1.86 bits per heavy atom. The first-order valence-electron chi connectivity index (χ1n) is 2.36. The second-order valence-corrected chi connectivity index (χ2v) is 1.58. The van der Waals surface area contributed by atoms with E-state index in [-0.39, 0.29) is 0 Å². The van der Waals surface area contributed by atoms with Crippen molar-refractivity contribution in [2.45, 2.75) is 0 Å². The van der Waals surface area contributed by atoms with E-state index in [1.165, 1.54) is 0 Å². The van der Waals surface area contributed by atoms with Gasteiger partial charge in [0, 0.05) is 13.6 Å². The third-order valence-corrected chi connectivity index (χ3v) is 0.926. The van der Waals surface area contributed by atoms with Gasteiger partial charge in [0.15, 0.2) is 0 Å². The van der Waals surface area contributed by atoms with Crippen molar-refractivity contribution in [1.29, 1.82) is 0 Å². The molecule has 7 heavy (non-hydrogen) atoms. The summed E-state index contributed by atoms with van der Waals surface area (Å²) in [5, 5.41) is 8.81. The van der Waals surface area contributed by atoms with Gasteiger partial charge < -0.3 is 5.32 Å². The van der Waals surface area contributed by atoms with Crippen molar-refractivity contribution in [3.8, 4) is 0 Å². The molecule has 0 atom stereocenters. The minimum absolute atomic E-state index is 1.01. The molecule has 0 bridgehead atoms. The van der Waals surface area contributed by atoms with Crippen LogP contribution in [0.4, 0.5) is 0 Å². The maximum atomic E-state index is 3.93. The third-order valence-electron chi connectivity index (χ3n) is 0.926. The lowest BCUT2D eigenvalue weighted by Crippen LogP contribution is -2.31. The van der Waals surface area contributed by atoms with Crippen LogP contribution >= 0.6 is 0 Å². The van der Waals surface area contributed by atoms with Crippen LogP contribution in [-0.2, 0) is 0 Å². The molecule has 1 aliphatic heterocycles. The zero-order chi connectivity index (χ0) is 5.11. The van der Waals surface area contributed by atoms with Gasteiger partial charge in [-0.05, 0) is 0 Å². The molecule has 3 heteroatoms. The molecule has 0 aromatic carbocycles. The van der Waals surface area contributed by atoms with Crippen LogP contribution in [0.1, 0.15) is 0 Å². The van der Waals surface area contributed by atoms with Crippen molar-refractivity contribution in [2.24, 2.45) is 5.10 Å². The molecule has 0 aromatic rings. The Kier molecular flexibility index (Phi) is 1.15. The molecule has 0 aliphatic carbocycles. The molecule has 0 spiro atoms. The van der Waals surface area contributed by atoms with Crippen LogP contribution in [-0.4, -0.2) is 31.5 Å². The molecule has 1 aliphatic rings. The van der Waals surface area contributed by atoms with Crippen molar-refractivity contribution in [3.63, 3.8) is 0 Å². The van der Waals surface area contributed by atoms with Gasteiger partial charge in [-0.15, -0.1) is 0 Å². The lowest BCUT2D eigenvalue weighted by Gasteiger charge is -2.16. The molecule has 0 aromatic heterocycles. The Morgan fingerprint density at radius 3 is 3.00 bits per heavy atom. The summed E-state index contributed by atoms with van der Waals surface area (Å²) in [6, 6.07) is 0. The molecule has 0 saturated heterocycles. The average Bonchev–Trinajstić information content (AvgIpc) is 1.69. The molecule has 0 fully saturated rings. The molecule has 1 N–H and O–H groups in total. The Morgan fingerprint density at radius 2 is 2.71 bits per heavy atom. The number of likely N-dealkylation sites (N-methyl/N-ethyl adjacent to an activating group) is 1. The fourth-order valence-electron chi connectivity index (χ4n) is 0.488. The van der Waals surface area contributed by atoms with Gasteiger partial charge >= 0.3 is 0 Å². The van der Waals surface area contributed by atoms with Crippen molar-refractivity contribution in [1.82, 2.24) is 10.3 Å². The van der Waals surface area contributed by atoms with E-state index in [1.54, 1.807) is 6.34 Å². The topological polar surface area (TPSA) is 27.6 Å². The summed E-state index contributed by atoms with van der Waals surface area (Å²) in [6.45, 7) is 2.02. The van der Waals surface area contributed by atoms with Crippen LogP contribution in [0.2, 0.25) is 0 Å². The van der Waals surface area contributed by atoms with E-state index in [0.29, 0.717) is 0 Å². The SMILES string of the molecule is CN1CCNC=N1. The van der Waals surface area contributed by atoms with E-state index in [0.717, 1.165) is 13.1 Å². The van der Waals surface area contributed by atoms with E-state index in [9.17, 15) is 0 Å². The minimum atomic E-state index is 1.01. The van der Waals surface area contributed by atoms with Crippen LogP contribution in [0, 0.1) is 0 Å². The first-order valence-corrected chi connectivity index (χ1v) is 2.36. The van der Waals surface area contributed by atoms with Crippen molar-refractivity contribution < 1.29 is 0 Å². The summed E-state index contributed by atoms with van der Waals surface area (Å²) in [4.78, 5) is 0. The largest absolute Gasteiger partial charge is 0.373 e. The number of rotatable bonds is 0. The van der Waals surface area contributed by atoms with E-state index in [4.69, 9.17) is 0 Å². The summed E-state index contributed by atoms with van der Waals surface area (Å²) in [7, 11) is 1.96. The summed E-state index contributed by atoms with van der Waals surface area (Å²) < 4.78 is 0. The predicted molar refractivity (Wildman–Crippen MR) is 29.1 cm³/mol. The van der Waals surface area contributed by atoms with Gasteiger partial charge in [0.05, 0.1) is 6.54 Å². The highest BCUT2D eigenvalue weighted by Crippen LogP contribution is 1.81. The molecule has 1 rings (SSSR count). The van der Waals surface area contributed by atoms with Gasteiger partial charge in [0.25, 0.3) is 0 Å². The Labute approximate surface area is 43.0 Å². The van der Waals surface area contributed by atoms with Gasteiger partial charge in [-0.2, -0.15) is 5.10 Å². The molecule has 1 heterocycles. The monoisotopic (exact) mass is 99.1 g/mol. The molecular formula is C4H9N3. The Balaban J connectivity index is 2.36. The maximum absolute atomic E-state index is 3.93. The molecule has 0 saturated carbocycles. The zero-order valence-electron chi connectivity index (χ0n) is 4.39. The number of hydrazone groups is 1. The molecule has 40 valence electrons. The first kappa shape index (κ1) is 4.43. The standard InChI is InChI=1S/C4H9N3/c1-7-3-2-5-4-6-7/h4H,2-3H2,1H3,(H,5,6). The van der Waals surface area contributed by atoms with Gasteiger partial charge in [0.2, 0.25) is 0 Å². The third kappa shape index (κ3) is 1.07. The predicted octanol–water partition coefficient (Wildman–Crippen LogP) is -0.535. The summed E-state index contributed by atoms with van der Waals surface area (Å²) in [5.74, 6) is 0. The summed E-state index contributed by atoms with van der Waals surface area (Å²) >= 11 is 0. The average molecular weight is 99.1 g/mol. The quantitative estimate of drug-likeness (QED) is 0.442. The van der Waals surface area contributed by atoms with Crippen molar-refractivity contribution in [2.75, 3.05) is 20.1 Å². The first-order chi connectivity index (χ1) is 3.39. The highest BCUT2D eigenvalue weighted by atomic mass is 15.5. The van der Waals surface area contributed by atoms with E-state index < -0.39 is 0 Å². The van der Waals surface area contributed by atoms with Gasteiger partial charge in [-0.1, -0.05) is 0 Å². The van der Waals surface area contributed by atoms with Gasteiger partial charge in [-0.3, -0.25) is 5.01 Å². The lowest BCUT2D eigenvalue weighted by molar-refractivity contribution is 0.344. The molecule has 0 amide bonds. The van der Waals surface area contributed by atoms with Crippen LogP contribution < -0.4 is 5.32 Å². The number of nitrogens with zero attached hydrogens (tertiary/aromatic N) is 2. The normalized spacial score (nSPS) is 19.3. The van der Waals surface area contributed by atoms with Crippen LogP contribution in [0.15, 0.2) is 5.10 Å². The number of hydrogen-bond donors (Lipinski definition) is 1. The van der Waals surface area contributed by atoms with E-state index in [1.807, 2.05) is 12.1 Å². The summed E-state index contributed by atoms with van der Waals surface area (Å²) in [6.07, 6.45) is 1.71. The van der Waals surface area contributed by atoms with Crippen molar-refractivity contribution >= 4 is 6.34 Å². The second-order valence-electron chi connectivity index (χ2n) is 1.58. The fourth-order valence-corrected chi connectivity index (χ4v) is 0.488. The minimum Gasteiger partial charge on any atom is -0.373 e.